The van der Waals surface area contributed by atoms with Crippen LogP contribution in [0.2, 0.25) is 0 Å². The largest absolute Gasteiger partial charge is 0.508 e. The standard InChI is InChI=1S/C18H20O4.C6H6O2.C3H6O.C3H6/c1-17(2)10-18(3,13-6-4-11(19)8-15(13)21)22-16-9-12(20)5-7-14(16)17;7-5-2-1-3-6(8)4-5;1-3(2)4;1-2-3-1/h4-9,19-21H,10H2,1-3H3;1-4,7-8H;1-2H3;1-3H2. The van der Waals surface area contributed by atoms with E-state index in [1.54, 1.807) is 24.3 Å². The molecule has 0 radical (unpaired) electrons. The third-order valence-corrected chi connectivity index (χ3v) is 5.54. The van der Waals surface area contributed by atoms with Crippen LogP contribution >= 0.6 is 0 Å². The second-order valence-electron chi connectivity index (χ2n) is 10.3. The van der Waals surface area contributed by atoms with Gasteiger partial charge in [-0.3, -0.25) is 0 Å². The average Bonchev–Trinajstić information content (AvgIpc) is 3.61. The number of carbonyl (C=O) groups excluding carboxylic acids is 1. The molecule has 1 aliphatic carbocycles. The van der Waals surface area contributed by atoms with Crippen molar-refractivity contribution >= 4 is 5.78 Å². The summed E-state index contributed by atoms with van der Waals surface area (Å²) in [6.07, 6.45) is 5.16. The first kappa shape index (κ1) is 29.4. The van der Waals surface area contributed by atoms with Crippen LogP contribution in [0.4, 0.5) is 0 Å². The summed E-state index contributed by atoms with van der Waals surface area (Å²) in [7, 11) is 0. The Labute approximate surface area is 218 Å². The summed E-state index contributed by atoms with van der Waals surface area (Å²) in [6.45, 7) is 9.19. The lowest BCUT2D eigenvalue weighted by Crippen LogP contribution is -2.41. The molecule has 37 heavy (non-hydrogen) atoms. The summed E-state index contributed by atoms with van der Waals surface area (Å²) in [6, 6.07) is 15.5. The molecular formula is C30H38O7. The van der Waals surface area contributed by atoms with Gasteiger partial charge in [0.25, 0.3) is 0 Å². The van der Waals surface area contributed by atoms with Gasteiger partial charge in [0, 0.05) is 35.7 Å². The molecule has 1 unspecified atom stereocenters. The van der Waals surface area contributed by atoms with Gasteiger partial charge in [0.15, 0.2) is 0 Å². The number of benzene rings is 3. The molecule has 1 saturated carbocycles. The molecule has 1 aliphatic heterocycles. The molecule has 3 aromatic rings. The van der Waals surface area contributed by atoms with Crippen LogP contribution in [-0.2, 0) is 15.8 Å². The topological polar surface area (TPSA) is 127 Å². The predicted molar refractivity (Wildman–Crippen MR) is 143 cm³/mol. The van der Waals surface area contributed by atoms with Crippen molar-refractivity contribution in [3.63, 3.8) is 0 Å². The number of aromatic hydroxyl groups is 5. The molecule has 1 fully saturated rings. The second-order valence-corrected chi connectivity index (χ2v) is 10.3. The summed E-state index contributed by atoms with van der Waals surface area (Å²) in [5.41, 5.74) is 0.719. The van der Waals surface area contributed by atoms with E-state index in [4.69, 9.17) is 14.9 Å². The third kappa shape index (κ3) is 9.26. The molecule has 0 amide bonds. The lowest BCUT2D eigenvalue weighted by molar-refractivity contribution is -0.115. The molecule has 7 heteroatoms. The van der Waals surface area contributed by atoms with Crippen molar-refractivity contribution in [1.82, 2.24) is 0 Å². The number of Topliss-reactive ketones (excluding diaryl/α,β-unsaturated/α-hetero) is 1. The molecule has 5 rings (SSSR count). The van der Waals surface area contributed by atoms with Gasteiger partial charge in [-0.05, 0) is 56.5 Å². The highest BCUT2D eigenvalue weighted by Gasteiger charge is 2.44. The average molecular weight is 511 g/mol. The number of carbonyl (C=O) groups is 1. The van der Waals surface area contributed by atoms with E-state index in [0.29, 0.717) is 17.7 Å². The zero-order chi connectivity index (χ0) is 27.8. The molecule has 7 nitrogen and oxygen atoms in total. The number of phenolic OH excluding ortho intramolecular Hbond substituents is 5. The minimum Gasteiger partial charge on any atom is -0.508 e. The van der Waals surface area contributed by atoms with Gasteiger partial charge in [0.2, 0.25) is 0 Å². The van der Waals surface area contributed by atoms with E-state index in [1.165, 1.54) is 63.4 Å². The molecule has 0 spiro atoms. The predicted octanol–water partition coefficient (Wildman–Crippen LogP) is 6.64. The smallest absolute Gasteiger partial charge is 0.136 e. The van der Waals surface area contributed by atoms with E-state index in [-0.39, 0.29) is 39.9 Å². The quantitative estimate of drug-likeness (QED) is 0.248. The Balaban J connectivity index is 0.000000260. The van der Waals surface area contributed by atoms with E-state index in [0.717, 1.165) is 5.56 Å². The van der Waals surface area contributed by atoms with Gasteiger partial charge in [-0.2, -0.15) is 0 Å². The van der Waals surface area contributed by atoms with Gasteiger partial charge >= 0.3 is 0 Å². The van der Waals surface area contributed by atoms with Crippen LogP contribution in [0, 0.1) is 0 Å². The minimum absolute atomic E-state index is 0.00176. The van der Waals surface area contributed by atoms with Crippen LogP contribution in [0.25, 0.3) is 0 Å². The summed E-state index contributed by atoms with van der Waals surface area (Å²) in [4.78, 5) is 9.44. The van der Waals surface area contributed by atoms with Crippen molar-refractivity contribution in [2.24, 2.45) is 0 Å². The Morgan fingerprint density at radius 2 is 1.16 bits per heavy atom. The van der Waals surface area contributed by atoms with Crippen LogP contribution in [0.3, 0.4) is 0 Å². The zero-order valence-corrected chi connectivity index (χ0v) is 22.2. The summed E-state index contributed by atoms with van der Waals surface area (Å²) >= 11 is 0. The number of fused-ring (bicyclic) bond motifs is 1. The van der Waals surface area contributed by atoms with E-state index >= 15 is 0 Å². The molecule has 0 bridgehead atoms. The van der Waals surface area contributed by atoms with Crippen molar-refractivity contribution in [3.05, 3.63) is 71.8 Å². The number of phenols is 5. The van der Waals surface area contributed by atoms with Crippen LogP contribution < -0.4 is 4.74 Å². The molecule has 5 N–H and O–H groups in total. The van der Waals surface area contributed by atoms with Gasteiger partial charge in [-0.25, -0.2) is 0 Å². The number of hydrogen-bond donors (Lipinski definition) is 5. The highest BCUT2D eigenvalue weighted by molar-refractivity contribution is 5.72. The van der Waals surface area contributed by atoms with Crippen molar-refractivity contribution < 1.29 is 35.1 Å². The minimum atomic E-state index is -0.748. The third-order valence-electron chi connectivity index (χ3n) is 5.54. The van der Waals surface area contributed by atoms with E-state index in [1.807, 2.05) is 13.0 Å². The first-order valence-corrected chi connectivity index (χ1v) is 12.2. The summed E-state index contributed by atoms with van der Waals surface area (Å²) < 4.78 is 6.14. The van der Waals surface area contributed by atoms with Gasteiger partial charge in [0.05, 0.1) is 0 Å². The van der Waals surface area contributed by atoms with Crippen LogP contribution in [0.5, 0.6) is 34.5 Å². The molecule has 1 heterocycles. The Kier molecular flexibility index (Phi) is 9.83. The van der Waals surface area contributed by atoms with Crippen molar-refractivity contribution in [1.29, 1.82) is 0 Å². The normalized spacial score (nSPS) is 18.1. The van der Waals surface area contributed by atoms with E-state index < -0.39 is 5.60 Å². The van der Waals surface area contributed by atoms with Crippen LogP contribution in [0.15, 0.2) is 60.7 Å². The Morgan fingerprint density at radius 3 is 1.59 bits per heavy atom. The lowest BCUT2D eigenvalue weighted by Gasteiger charge is -2.44. The van der Waals surface area contributed by atoms with Crippen molar-refractivity contribution in [2.75, 3.05) is 0 Å². The number of rotatable bonds is 1. The maximum Gasteiger partial charge on any atom is 0.136 e. The monoisotopic (exact) mass is 510 g/mol. The SMILES string of the molecule is C1CC1.CC(C)=O.CC1(C)CC(C)(c2ccc(O)cc2O)Oc2cc(O)ccc21.Oc1cccc(O)c1. The molecular weight excluding hydrogens is 472 g/mol. The Morgan fingerprint density at radius 1 is 0.703 bits per heavy atom. The summed E-state index contributed by atoms with van der Waals surface area (Å²) in [5, 5.41) is 46.7. The highest BCUT2D eigenvalue weighted by Crippen LogP contribution is 2.51. The second kappa shape index (κ2) is 12.4. The molecule has 0 aromatic heterocycles. The van der Waals surface area contributed by atoms with Crippen LogP contribution in [-0.4, -0.2) is 31.3 Å². The molecule has 1 atom stereocenters. The number of ketones is 1. The Hall–Kier alpha value is -3.87. The maximum atomic E-state index is 10.2. The molecule has 0 saturated heterocycles. The fraction of sp³-hybridized carbons (Fsp3) is 0.367. The molecule has 3 aromatic carbocycles. The molecule has 2 aliphatic rings. The van der Waals surface area contributed by atoms with Gasteiger partial charge in [-0.15, -0.1) is 0 Å². The van der Waals surface area contributed by atoms with Gasteiger partial charge in [-0.1, -0.05) is 45.2 Å². The first-order valence-electron chi connectivity index (χ1n) is 12.2. The van der Waals surface area contributed by atoms with E-state index in [9.17, 15) is 20.1 Å². The van der Waals surface area contributed by atoms with Crippen molar-refractivity contribution in [3.8, 4) is 34.5 Å². The lowest BCUT2D eigenvalue weighted by atomic mass is 9.71. The highest BCUT2D eigenvalue weighted by atomic mass is 16.5. The van der Waals surface area contributed by atoms with Crippen molar-refractivity contribution in [2.45, 2.75) is 71.3 Å². The van der Waals surface area contributed by atoms with Crippen LogP contribution in [0.1, 0.15) is 71.4 Å². The Bertz CT molecular complexity index is 1180. The number of hydrogen-bond acceptors (Lipinski definition) is 7. The first-order chi connectivity index (χ1) is 17.2. The maximum absolute atomic E-state index is 10.2. The van der Waals surface area contributed by atoms with Gasteiger partial charge < -0.3 is 35.1 Å². The number of ether oxygens (including phenoxy) is 1. The van der Waals surface area contributed by atoms with E-state index in [2.05, 4.69) is 13.8 Å². The fourth-order valence-electron chi connectivity index (χ4n) is 3.98. The fourth-order valence-corrected chi connectivity index (χ4v) is 3.98. The van der Waals surface area contributed by atoms with Gasteiger partial charge in [0.1, 0.15) is 45.9 Å². The molecule has 200 valence electrons. The summed E-state index contributed by atoms with van der Waals surface area (Å²) in [5.74, 6) is 1.12. The zero-order valence-electron chi connectivity index (χ0n) is 22.2.